The molecule has 0 spiro atoms. The number of anilines is 1. The minimum absolute atomic E-state index is 0.0746. The van der Waals surface area contributed by atoms with Gasteiger partial charge in [0.1, 0.15) is 21.4 Å². The summed E-state index contributed by atoms with van der Waals surface area (Å²) in [4.78, 5) is 51.7. The number of thiophene rings is 1. The van der Waals surface area contributed by atoms with Crippen molar-refractivity contribution in [3.8, 4) is 11.4 Å². The maximum absolute atomic E-state index is 14.2. The molecule has 2 aromatic carbocycles. The van der Waals surface area contributed by atoms with Crippen molar-refractivity contribution in [2.45, 2.75) is 44.6 Å². The van der Waals surface area contributed by atoms with Gasteiger partial charge in [0.25, 0.3) is 5.91 Å². The molecule has 15 heteroatoms. The first-order valence-corrected chi connectivity index (χ1v) is 15.9. The van der Waals surface area contributed by atoms with Crippen LogP contribution in [-0.2, 0) is 20.8 Å². The average Bonchev–Trinajstić information content (AvgIpc) is 3.59. The van der Waals surface area contributed by atoms with E-state index in [9.17, 15) is 23.6 Å². The predicted octanol–water partition coefficient (Wildman–Crippen LogP) is 5.19. The van der Waals surface area contributed by atoms with Crippen molar-refractivity contribution >= 4 is 51.9 Å². The van der Waals surface area contributed by atoms with Crippen LogP contribution in [0.5, 0.6) is 5.75 Å². The number of nitrogens with zero attached hydrogens (tertiary/aromatic N) is 3. The zero-order valence-corrected chi connectivity index (χ0v) is 27.3. The summed E-state index contributed by atoms with van der Waals surface area (Å²) in [7, 11) is 1.50. The molecule has 0 radical (unpaired) electrons. The molecule has 46 heavy (non-hydrogen) atoms. The Balaban J connectivity index is 1.62. The summed E-state index contributed by atoms with van der Waals surface area (Å²) in [6, 6.07) is 12.7. The molecular weight excluding hydrogens is 638 g/mol. The largest absolute Gasteiger partial charge is 0.495 e. The lowest BCUT2D eigenvalue weighted by atomic mass is 10.1. The van der Waals surface area contributed by atoms with Gasteiger partial charge in [0.15, 0.2) is 11.0 Å². The van der Waals surface area contributed by atoms with E-state index >= 15 is 0 Å². The fraction of sp³-hybridized carbons (Fsp3) is 0.290. The number of thioether (sulfide) groups is 1. The van der Waals surface area contributed by atoms with Crippen LogP contribution in [0.3, 0.4) is 0 Å². The minimum Gasteiger partial charge on any atom is -0.495 e. The first-order valence-electron chi connectivity index (χ1n) is 14.2. The normalized spacial score (nSPS) is 11.4. The molecule has 2 aromatic heterocycles. The Morgan fingerprint density at radius 2 is 1.67 bits per heavy atom. The first kappa shape index (κ1) is 34.1. The number of esters is 2. The van der Waals surface area contributed by atoms with Crippen LogP contribution >= 0.6 is 23.1 Å². The van der Waals surface area contributed by atoms with Gasteiger partial charge in [-0.1, -0.05) is 36.0 Å². The Morgan fingerprint density at radius 3 is 2.37 bits per heavy atom. The number of methoxy groups -OCH3 is 1. The highest BCUT2D eigenvalue weighted by molar-refractivity contribution is 8.00. The third-order valence-corrected chi connectivity index (χ3v) is 8.76. The molecule has 2 N–H and O–H groups in total. The zero-order chi connectivity index (χ0) is 33.4. The highest BCUT2D eigenvalue weighted by Gasteiger charge is 2.29. The van der Waals surface area contributed by atoms with E-state index in [4.69, 9.17) is 14.2 Å². The fourth-order valence-corrected chi connectivity index (χ4v) is 6.29. The van der Waals surface area contributed by atoms with Gasteiger partial charge in [-0.25, -0.2) is 14.0 Å². The number of amides is 2. The van der Waals surface area contributed by atoms with Crippen molar-refractivity contribution in [2.24, 2.45) is 0 Å². The number of aromatic nitrogens is 3. The van der Waals surface area contributed by atoms with E-state index in [1.54, 1.807) is 62.6 Å². The molecule has 1 atom stereocenters. The summed E-state index contributed by atoms with van der Waals surface area (Å²) >= 11 is 1.99. The average molecular weight is 670 g/mol. The quantitative estimate of drug-likeness (QED) is 0.144. The number of hydrogen-bond donors (Lipinski definition) is 2. The summed E-state index contributed by atoms with van der Waals surface area (Å²) in [5.41, 5.74) is 0.835. The van der Waals surface area contributed by atoms with Gasteiger partial charge in [0, 0.05) is 0 Å². The van der Waals surface area contributed by atoms with Crippen molar-refractivity contribution in [2.75, 3.05) is 25.6 Å². The van der Waals surface area contributed by atoms with Gasteiger partial charge in [-0.2, -0.15) is 0 Å². The third-order valence-electron chi connectivity index (χ3n) is 6.53. The second kappa shape index (κ2) is 15.5. The second-order valence-corrected chi connectivity index (χ2v) is 11.8. The third kappa shape index (κ3) is 7.54. The maximum Gasteiger partial charge on any atom is 0.348 e. The lowest BCUT2D eigenvalue weighted by molar-refractivity contribution is -0.115. The van der Waals surface area contributed by atoms with Gasteiger partial charge in [-0.15, -0.1) is 21.5 Å². The number of para-hydroxylation sites is 2. The van der Waals surface area contributed by atoms with Crippen LogP contribution in [0, 0.1) is 12.7 Å². The Labute approximate surface area is 272 Å². The number of benzene rings is 2. The Morgan fingerprint density at radius 1 is 1.00 bits per heavy atom. The van der Waals surface area contributed by atoms with E-state index in [-0.39, 0.29) is 40.8 Å². The summed E-state index contributed by atoms with van der Waals surface area (Å²) in [5.74, 6) is -2.32. The van der Waals surface area contributed by atoms with Crippen LogP contribution in [0.4, 0.5) is 9.39 Å². The number of nitrogens with one attached hydrogen (secondary N) is 2. The summed E-state index contributed by atoms with van der Waals surface area (Å²) < 4.78 is 31.7. The molecule has 0 saturated heterocycles. The molecule has 242 valence electrons. The maximum atomic E-state index is 14.2. The summed E-state index contributed by atoms with van der Waals surface area (Å²) in [5, 5.41) is 13.6. The predicted molar refractivity (Wildman–Crippen MR) is 170 cm³/mol. The number of ether oxygens (including phenoxy) is 3. The van der Waals surface area contributed by atoms with Gasteiger partial charge in [-0.3, -0.25) is 14.2 Å². The second-order valence-electron chi connectivity index (χ2n) is 9.52. The van der Waals surface area contributed by atoms with Gasteiger partial charge >= 0.3 is 11.9 Å². The molecule has 0 unspecified atom stereocenters. The molecule has 2 heterocycles. The Hall–Kier alpha value is -4.76. The molecule has 12 nitrogen and oxygen atoms in total. The van der Waals surface area contributed by atoms with Crippen LogP contribution in [0.15, 0.2) is 53.7 Å². The van der Waals surface area contributed by atoms with Crippen LogP contribution in [0.2, 0.25) is 0 Å². The number of hydrogen-bond acceptors (Lipinski definition) is 11. The standard InChI is InChI=1S/C31H32FN5O7S2/c1-6-43-29(40)24-17(3)25(30(41)44-7-2)46-28(24)34-26(38)18(4)45-31-36-35-23(37(31)21-14-10-11-15-22(21)42-5)16-33-27(39)19-12-8-9-13-20(19)32/h8-15,18H,6-7,16H2,1-5H3,(H,33,39)(H,34,38)/t18-/m1/s1. The van der Waals surface area contributed by atoms with Crippen LogP contribution in [-0.4, -0.2) is 64.1 Å². The van der Waals surface area contributed by atoms with Crippen molar-refractivity contribution in [3.05, 3.63) is 81.7 Å². The van der Waals surface area contributed by atoms with Gasteiger partial charge in [0.05, 0.1) is 48.9 Å². The van der Waals surface area contributed by atoms with E-state index in [0.29, 0.717) is 28.0 Å². The van der Waals surface area contributed by atoms with E-state index in [1.807, 2.05) is 0 Å². The highest BCUT2D eigenvalue weighted by Crippen LogP contribution is 2.36. The molecular formula is C31H32FN5O7S2. The van der Waals surface area contributed by atoms with Crippen molar-refractivity contribution in [3.63, 3.8) is 0 Å². The SMILES string of the molecule is CCOC(=O)c1sc(NC(=O)[C@@H](C)Sc2nnc(CNC(=O)c3ccccc3F)n2-c2ccccc2OC)c(C(=O)OCC)c1C. The highest BCUT2D eigenvalue weighted by atomic mass is 32.2. The van der Waals surface area contributed by atoms with E-state index in [1.165, 1.54) is 25.3 Å². The number of rotatable bonds is 13. The van der Waals surface area contributed by atoms with Gasteiger partial charge in [-0.05, 0) is 57.5 Å². The lowest BCUT2D eigenvalue weighted by Gasteiger charge is -2.16. The molecule has 0 aliphatic rings. The van der Waals surface area contributed by atoms with Crippen molar-refractivity contribution in [1.82, 2.24) is 20.1 Å². The van der Waals surface area contributed by atoms with Gasteiger partial charge < -0.3 is 24.8 Å². The van der Waals surface area contributed by atoms with Crippen LogP contribution < -0.4 is 15.4 Å². The summed E-state index contributed by atoms with van der Waals surface area (Å²) in [6.07, 6.45) is 0. The number of carbonyl (C=O) groups excluding carboxylic acids is 4. The van der Waals surface area contributed by atoms with E-state index < -0.39 is 34.8 Å². The molecule has 0 fully saturated rings. The van der Waals surface area contributed by atoms with E-state index in [0.717, 1.165) is 23.1 Å². The molecule has 0 bridgehead atoms. The smallest absolute Gasteiger partial charge is 0.348 e. The lowest BCUT2D eigenvalue weighted by Crippen LogP contribution is -2.26. The van der Waals surface area contributed by atoms with Crippen LogP contribution in [0.25, 0.3) is 5.69 Å². The molecule has 0 aliphatic carbocycles. The van der Waals surface area contributed by atoms with Crippen molar-refractivity contribution < 1.29 is 37.8 Å². The number of halogens is 1. The zero-order valence-electron chi connectivity index (χ0n) is 25.7. The fourth-order valence-electron chi connectivity index (χ4n) is 4.31. The monoisotopic (exact) mass is 669 g/mol. The van der Waals surface area contributed by atoms with Gasteiger partial charge in [0.2, 0.25) is 5.91 Å². The molecule has 4 aromatic rings. The molecule has 0 saturated carbocycles. The number of carbonyl (C=O) groups is 4. The van der Waals surface area contributed by atoms with Crippen molar-refractivity contribution in [1.29, 1.82) is 0 Å². The van der Waals surface area contributed by atoms with Crippen LogP contribution in [0.1, 0.15) is 62.5 Å². The molecule has 4 rings (SSSR count). The Kier molecular flexibility index (Phi) is 11.5. The Bertz CT molecular complexity index is 1760. The molecule has 0 aliphatic heterocycles. The summed E-state index contributed by atoms with van der Waals surface area (Å²) in [6.45, 7) is 6.67. The van der Waals surface area contributed by atoms with E-state index in [2.05, 4.69) is 20.8 Å². The first-order chi connectivity index (χ1) is 22.1. The minimum atomic E-state index is -0.790. The molecule has 2 amide bonds. The topological polar surface area (TPSA) is 151 Å².